The van der Waals surface area contributed by atoms with Crippen LogP contribution in [-0.2, 0) is 0 Å². The minimum absolute atomic E-state index is 0.167. The highest BCUT2D eigenvalue weighted by Crippen LogP contribution is 2.38. The number of allylic oxidation sites excluding steroid dienone is 1. The zero-order valence-corrected chi connectivity index (χ0v) is 19.1. The molecule has 0 fully saturated rings. The van der Waals surface area contributed by atoms with Crippen LogP contribution in [0.4, 0.5) is 5.69 Å². The fraction of sp³-hybridized carbons (Fsp3) is 0.318. The zero-order valence-electron chi connectivity index (χ0n) is 17.5. The molecule has 0 aromatic heterocycles. The molecule has 0 radical (unpaired) electrons. The number of hydrogen-bond acceptors (Lipinski definition) is 6. The molecular formula is C22H26BrNO5. The summed E-state index contributed by atoms with van der Waals surface area (Å²) in [6.07, 6.45) is 1.69. The molecule has 29 heavy (non-hydrogen) atoms. The molecule has 156 valence electrons. The van der Waals surface area contributed by atoms with Crippen LogP contribution in [0.3, 0.4) is 0 Å². The normalized spacial score (nSPS) is 11.1. The van der Waals surface area contributed by atoms with Crippen molar-refractivity contribution in [3.05, 3.63) is 45.9 Å². The van der Waals surface area contributed by atoms with Crippen molar-refractivity contribution in [3.63, 3.8) is 0 Å². The average molecular weight is 464 g/mol. The van der Waals surface area contributed by atoms with Crippen molar-refractivity contribution >= 4 is 33.5 Å². The summed E-state index contributed by atoms with van der Waals surface area (Å²) in [5, 5.41) is 0. The van der Waals surface area contributed by atoms with Crippen LogP contribution in [-0.4, -0.2) is 47.8 Å². The van der Waals surface area contributed by atoms with Crippen LogP contribution in [0.15, 0.2) is 34.8 Å². The minimum Gasteiger partial charge on any atom is -0.497 e. The number of halogens is 1. The van der Waals surface area contributed by atoms with Gasteiger partial charge in [0.05, 0.1) is 38.1 Å². The average Bonchev–Trinajstić information content (AvgIpc) is 2.72. The van der Waals surface area contributed by atoms with E-state index in [2.05, 4.69) is 15.9 Å². The first kappa shape index (κ1) is 22.6. The van der Waals surface area contributed by atoms with Gasteiger partial charge < -0.3 is 23.8 Å². The van der Waals surface area contributed by atoms with Crippen LogP contribution in [0.1, 0.15) is 22.8 Å². The Hall–Kier alpha value is -2.67. The number of rotatable bonds is 9. The van der Waals surface area contributed by atoms with E-state index in [0.29, 0.717) is 39.5 Å². The van der Waals surface area contributed by atoms with Crippen molar-refractivity contribution in [3.8, 4) is 23.0 Å². The SMILES string of the molecule is CCOc1ccc(C(=O)C(Br)=Cc2cc(OC)cc(OC)c2OC)cc1N(C)C. The number of anilines is 1. The van der Waals surface area contributed by atoms with Crippen molar-refractivity contribution in [1.29, 1.82) is 0 Å². The Balaban J connectivity index is 2.47. The Kier molecular flexibility index (Phi) is 7.96. The van der Waals surface area contributed by atoms with Gasteiger partial charge in [-0.1, -0.05) is 0 Å². The Morgan fingerprint density at radius 2 is 1.76 bits per heavy atom. The first-order chi connectivity index (χ1) is 13.9. The van der Waals surface area contributed by atoms with E-state index in [-0.39, 0.29) is 5.78 Å². The Labute approximate surface area is 180 Å². The quantitative estimate of drug-likeness (QED) is 0.393. The van der Waals surface area contributed by atoms with E-state index in [0.717, 1.165) is 11.4 Å². The predicted molar refractivity (Wildman–Crippen MR) is 119 cm³/mol. The standard InChI is InChI=1S/C22H26BrNO5/c1-7-29-19-9-8-14(12-18(19)24(2)3)21(25)17(23)11-15-10-16(26-4)13-20(27-5)22(15)28-6/h8-13H,7H2,1-6H3. The molecule has 2 aromatic rings. The number of nitrogens with zero attached hydrogens (tertiary/aromatic N) is 1. The number of ketones is 1. The summed E-state index contributed by atoms with van der Waals surface area (Å²) in [5.41, 5.74) is 2.02. The Bertz CT molecular complexity index is 908. The maximum Gasteiger partial charge on any atom is 0.200 e. The molecule has 0 bridgehead atoms. The first-order valence-corrected chi connectivity index (χ1v) is 9.81. The van der Waals surface area contributed by atoms with Gasteiger partial charge in [0.2, 0.25) is 0 Å². The number of benzene rings is 2. The van der Waals surface area contributed by atoms with E-state index >= 15 is 0 Å². The molecule has 2 aromatic carbocycles. The van der Waals surface area contributed by atoms with E-state index in [4.69, 9.17) is 18.9 Å². The Morgan fingerprint density at radius 1 is 1.03 bits per heavy atom. The fourth-order valence-corrected chi connectivity index (χ4v) is 3.29. The number of ether oxygens (including phenoxy) is 4. The third-order valence-corrected chi connectivity index (χ3v) is 4.81. The maximum atomic E-state index is 13.0. The summed E-state index contributed by atoms with van der Waals surface area (Å²) in [7, 11) is 8.48. The summed E-state index contributed by atoms with van der Waals surface area (Å²) in [4.78, 5) is 14.9. The Morgan fingerprint density at radius 3 is 2.31 bits per heavy atom. The number of methoxy groups -OCH3 is 3. The topological polar surface area (TPSA) is 57.2 Å². The van der Waals surface area contributed by atoms with E-state index in [1.807, 2.05) is 38.1 Å². The van der Waals surface area contributed by atoms with Crippen molar-refractivity contribution in [1.82, 2.24) is 0 Å². The summed E-state index contributed by atoms with van der Waals surface area (Å²) < 4.78 is 22.2. The van der Waals surface area contributed by atoms with E-state index in [1.54, 1.807) is 45.6 Å². The van der Waals surface area contributed by atoms with Gasteiger partial charge in [-0.2, -0.15) is 0 Å². The molecule has 7 heteroatoms. The largest absolute Gasteiger partial charge is 0.497 e. The molecule has 2 rings (SSSR count). The van der Waals surface area contributed by atoms with Crippen molar-refractivity contribution in [2.45, 2.75) is 6.92 Å². The molecule has 0 saturated carbocycles. The van der Waals surface area contributed by atoms with E-state index < -0.39 is 0 Å². The molecular weight excluding hydrogens is 438 g/mol. The van der Waals surface area contributed by atoms with Crippen LogP contribution >= 0.6 is 15.9 Å². The third-order valence-electron chi connectivity index (χ3n) is 4.22. The van der Waals surface area contributed by atoms with Gasteiger partial charge in [-0.3, -0.25) is 4.79 Å². The minimum atomic E-state index is -0.167. The molecule has 0 aliphatic rings. The predicted octanol–water partition coefficient (Wildman–Crippen LogP) is 4.80. The van der Waals surface area contributed by atoms with Crippen LogP contribution in [0.5, 0.6) is 23.0 Å². The van der Waals surface area contributed by atoms with Gasteiger partial charge in [-0.25, -0.2) is 0 Å². The highest BCUT2D eigenvalue weighted by atomic mass is 79.9. The number of carbonyl (C=O) groups is 1. The van der Waals surface area contributed by atoms with Gasteiger partial charge in [-0.05, 0) is 53.2 Å². The second-order valence-corrected chi connectivity index (χ2v) is 7.14. The van der Waals surface area contributed by atoms with E-state index in [1.165, 1.54) is 0 Å². The molecule has 0 atom stereocenters. The summed E-state index contributed by atoms with van der Waals surface area (Å²) in [5.74, 6) is 2.19. The molecule has 0 amide bonds. The lowest BCUT2D eigenvalue weighted by Gasteiger charge is -2.18. The molecule has 0 spiro atoms. The van der Waals surface area contributed by atoms with Crippen LogP contribution in [0.2, 0.25) is 0 Å². The highest BCUT2D eigenvalue weighted by Gasteiger charge is 2.17. The molecule has 0 heterocycles. The molecule has 6 nitrogen and oxygen atoms in total. The van der Waals surface area contributed by atoms with Gasteiger partial charge >= 0.3 is 0 Å². The van der Waals surface area contributed by atoms with Crippen molar-refractivity contribution < 1.29 is 23.7 Å². The van der Waals surface area contributed by atoms with Gasteiger partial charge in [0.15, 0.2) is 17.3 Å². The van der Waals surface area contributed by atoms with Crippen molar-refractivity contribution in [2.24, 2.45) is 0 Å². The summed E-state index contributed by atoms with van der Waals surface area (Å²) >= 11 is 3.41. The second-order valence-electron chi connectivity index (χ2n) is 6.28. The zero-order chi connectivity index (χ0) is 21.6. The van der Waals surface area contributed by atoms with Crippen LogP contribution in [0, 0.1) is 0 Å². The molecule has 0 N–H and O–H groups in total. The number of hydrogen-bond donors (Lipinski definition) is 0. The van der Waals surface area contributed by atoms with Crippen molar-refractivity contribution in [2.75, 3.05) is 46.9 Å². The molecule has 0 aliphatic carbocycles. The lowest BCUT2D eigenvalue weighted by Crippen LogP contribution is -2.12. The van der Waals surface area contributed by atoms with Gasteiger partial charge in [-0.15, -0.1) is 0 Å². The fourth-order valence-electron chi connectivity index (χ4n) is 2.82. The maximum absolute atomic E-state index is 13.0. The van der Waals surface area contributed by atoms with Gasteiger partial charge in [0, 0.05) is 31.3 Å². The van der Waals surface area contributed by atoms with E-state index in [9.17, 15) is 4.79 Å². The monoisotopic (exact) mass is 463 g/mol. The highest BCUT2D eigenvalue weighted by molar-refractivity contribution is 9.12. The first-order valence-electron chi connectivity index (χ1n) is 9.02. The smallest absolute Gasteiger partial charge is 0.200 e. The lowest BCUT2D eigenvalue weighted by molar-refractivity contribution is 0.104. The van der Waals surface area contributed by atoms with Crippen LogP contribution < -0.4 is 23.8 Å². The second kappa shape index (κ2) is 10.2. The lowest BCUT2D eigenvalue weighted by atomic mass is 10.1. The summed E-state index contributed by atoms with van der Waals surface area (Å²) in [6, 6.07) is 8.87. The number of Topliss-reactive ketones (excluding diaryl/α,β-unsaturated/α-hetero) is 1. The van der Waals surface area contributed by atoms with Gasteiger partial charge in [0.1, 0.15) is 11.5 Å². The number of carbonyl (C=O) groups excluding carboxylic acids is 1. The third kappa shape index (κ3) is 5.23. The molecule has 0 aliphatic heterocycles. The molecule has 0 unspecified atom stereocenters. The van der Waals surface area contributed by atoms with Gasteiger partial charge in [0.25, 0.3) is 0 Å². The summed E-state index contributed by atoms with van der Waals surface area (Å²) in [6.45, 7) is 2.48. The molecule has 0 saturated heterocycles. The van der Waals surface area contributed by atoms with Crippen LogP contribution in [0.25, 0.3) is 6.08 Å².